The molecule has 1 aromatic carbocycles. The molecule has 0 aliphatic heterocycles. The van der Waals surface area contributed by atoms with Crippen molar-refractivity contribution in [2.24, 2.45) is 0 Å². The fourth-order valence-electron chi connectivity index (χ4n) is 1.46. The third-order valence-electron chi connectivity index (χ3n) is 1.87. The Labute approximate surface area is 69.5 Å². The third kappa shape index (κ3) is 3.24. The number of hydrogen-bond donors (Lipinski definition) is 0. The minimum atomic E-state index is -0.0122. The van der Waals surface area contributed by atoms with Gasteiger partial charge in [0, 0.05) is 21.1 Å². The van der Waals surface area contributed by atoms with Gasteiger partial charge in [0.1, 0.15) is 0 Å². The molecule has 0 atom stereocenters. The molecule has 0 unspecified atom stereocenters. The van der Waals surface area contributed by atoms with Crippen molar-refractivity contribution in [3.8, 4) is 0 Å². The van der Waals surface area contributed by atoms with Crippen LogP contribution in [0.25, 0.3) is 0 Å². The van der Waals surface area contributed by atoms with Crippen LogP contribution < -0.4 is 5.46 Å². The van der Waals surface area contributed by atoms with Crippen molar-refractivity contribution in [2.75, 3.05) is 21.1 Å². The van der Waals surface area contributed by atoms with E-state index < -0.39 is 0 Å². The summed E-state index contributed by atoms with van der Waals surface area (Å²) in [6, 6.07) is 10.8. The van der Waals surface area contributed by atoms with Crippen LogP contribution in [0.3, 0.4) is 0 Å². The Morgan fingerprint density at radius 3 is 2.00 bits per heavy atom. The van der Waals surface area contributed by atoms with Crippen LogP contribution in [0.2, 0.25) is 0 Å². The largest absolute Gasteiger partial charge is 0.524 e. The number of quaternary nitrogens is 1. The van der Waals surface area contributed by atoms with Crippen molar-refractivity contribution in [1.82, 2.24) is 0 Å². The molecule has 0 N–H and O–H groups in total. The Kier molecular flexibility index (Phi) is 2.35. The van der Waals surface area contributed by atoms with Crippen LogP contribution in [0.1, 0.15) is 0 Å². The average Bonchev–Trinajstić information content (AvgIpc) is 1.85. The highest BCUT2D eigenvalue weighted by molar-refractivity contribution is 6.46. The molecule has 0 fully saturated rings. The molecule has 0 aliphatic rings. The van der Waals surface area contributed by atoms with E-state index in [2.05, 4.69) is 51.5 Å². The molecule has 11 heavy (non-hydrogen) atoms. The number of rotatable bonds is 2. The molecule has 0 radical (unpaired) electrons. The molecule has 0 saturated carbocycles. The van der Waals surface area contributed by atoms with Gasteiger partial charge in [-0.1, -0.05) is 30.3 Å². The lowest BCUT2D eigenvalue weighted by Gasteiger charge is -2.33. The summed E-state index contributed by atoms with van der Waals surface area (Å²) in [7, 11) is 6.76. The van der Waals surface area contributed by atoms with Gasteiger partial charge in [0.2, 0.25) is 7.41 Å². The summed E-state index contributed by atoms with van der Waals surface area (Å²) < 4.78 is 1.12. The van der Waals surface area contributed by atoms with E-state index in [-0.39, 0.29) is 7.41 Å². The highest BCUT2D eigenvalue weighted by Gasteiger charge is 1.99. The second-order valence-electron chi connectivity index (χ2n) is 4.56. The molecule has 60 valence electrons. The molecule has 2 heteroatoms. The highest BCUT2D eigenvalue weighted by atomic mass is 15.2. The Morgan fingerprint density at radius 1 is 1.00 bits per heavy atom. The number of benzene rings is 1. The van der Waals surface area contributed by atoms with Crippen molar-refractivity contribution in [3.63, 3.8) is 0 Å². The Morgan fingerprint density at radius 2 is 1.55 bits per heavy atom. The molecule has 0 aliphatic carbocycles. The first-order valence-electron chi connectivity index (χ1n) is 4.20. The number of hydrogen-bond acceptors (Lipinski definition) is 0. The van der Waals surface area contributed by atoms with E-state index in [0.717, 1.165) is 4.39 Å². The average molecular weight is 149 g/mol. The van der Waals surface area contributed by atoms with Crippen LogP contribution in [0, 0.1) is 0 Å². The summed E-state index contributed by atoms with van der Waals surface area (Å²) in [6.45, 7) is 0. The summed E-state index contributed by atoms with van der Waals surface area (Å²) in [5.41, 5.74) is 1.53. The predicted molar refractivity (Wildman–Crippen MR) is 52.7 cm³/mol. The molecule has 1 rings (SSSR count). The third-order valence-corrected chi connectivity index (χ3v) is 1.87. The SMILES string of the molecule is C[N+](C)(C)[BH2-]c1ccccc1. The van der Waals surface area contributed by atoms with Crippen molar-refractivity contribution in [3.05, 3.63) is 30.3 Å². The molecule has 0 bridgehead atoms. The zero-order chi connectivity index (χ0) is 8.32. The van der Waals surface area contributed by atoms with Gasteiger partial charge in [-0.15, -0.1) is 0 Å². The number of nitrogens with zero attached hydrogens (tertiary/aromatic N) is 1. The molecule has 1 aromatic rings. The van der Waals surface area contributed by atoms with E-state index >= 15 is 0 Å². The summed E-state index contributed by atoms with van der Waals surface area (Å²) in [6.07, 6.45) is 0. The minimum absolute atomic E-state index is 0.0122. The molecule has 0 saturated heterocycles. The fourth-order valence-corrected chi connectivity index (χ4v) is 1.46. The van der Waals surface area contributed by atoms with Gasteiger partial charge in [-0.3, -0.25) is 0 Å². The van der Waals surface area contributed by atoms with Crippen LogP contribution in [-0.4, -0.2) is 33.0 Å². The molecule has 0 aromatic heterocycles. The first-order valence-corrected chi connectivity index (χ1v) is 4.20. The summed E-state index contributed by atoms with van der Waals surface area (Å²) in [5.74, 6) is 0. The van der Waals surface area contributed by atoms with Crippen molar-refractivity contribution in [2.45, 2.75) is 0 Å². The first-order chi connectivity index (χ1) is 5.08. The van der Waals surface area contributed by atoms with E-state index in [0.29, 0.717) is 0 Å². The van der Waals surface area contributed by atoms with Gasteiger partial charge in [0.15, 0.2) is 0 Å². The zero-order valence-corrected chi connectivity index (χ0v) is 7.83. The monoisotopic (exact) mass is 149 g/mol. The van der Waals surface area contributed by atoms with Crippen LogP contribution in [0.5, 0.6) is 0 Å². The maximum absolute atomic E-state index is 2.26. The molecule has 0 spiro atoms. The van der Waals surface area contributed by atoms with Gasteiger partial charge in [-0.25, -0.2) is 0 Å². The van der Waals surface area contributed by atoms with E-state index in [1.165, 1.54) is 5.46 Å². The second-order valence-corrected chi connectivity index (χ2v) is 4.56. The van der Waals surface area contributed by atoms with E-state index in [1.807, 2.05) is 0 Å². The van der Waals surface area contributed by atoms with Crippen LogP contribution in [-0.2, 0) is 0 Å². The lowest BCUT2D eigenvalue weighted by atomic mass is 9.79. The van der Waals surface area contributed by atoms with Gasteiger partial charge in [0.25, 0.3) is 0 Å². The Bertz CT molecular complexity index is 213. The smallest absolute Gasteiger partial charge is 0.209 e. The van der Waals surface area contributed by atoms with Gasteiger partial charge < -0.3 is 4.39 Å². The highest BCUT2D eigenvalue weighted by Crippen LogP contribution is 1.88. The zero-order valence-electron chi connectivity index (χ0n) is 7.83. The Balaban J connectivity index is 2.66. The predicted octanol–water partition coefficient (Wildman–Crippen LogP) is 0.102. The maximum Gasteiger partial charge on any atom is 0.209 e. The standard InChI is InChI=1S/C9H16BN/c1-11(2,3)10-9-7-5-4-6-8-9/h4-8H,10H2,1-3H3. The van der Waals surface area contributed by atoms with Crippen molar-refractivity contribution < 1.29 is 4.39 Å². The minimum Gasteiger partial charge on any atom is -0.524 e. The first kappa shape index (κ1) is 8.34. The maximum atomic E-state index is 2.26. The van der Waals surface area contributed by atoms with Crippen molar-refractivity contribution >= 4 is 12.9 Å². The summed E-state index contributed by atoms with van der Waals surface area (Å²) in [4.78, 5) is 0. The lowest BCUT2D eigenvalue weighted by Crippen LogP contribution is -2.44. The topological polar surface area (TPSA) is 0 Å². The van der Waals surface area contributed by atoms with Gasteiger partial charge in [0.05, 0.1) is 0 Å². The lowest BCUT2D eigenvalue weighted by molar-refractivity contribution is -0.754. The molecule has 0 heterocycles. The van der Waals surface area contributed by atoms with E-state index in [1.54, 1.807) is 0 Å². The van der Waals surface area contributed by atoms with Crippen LogP contribution >= 0.6 is 0 Å². The van der Waals surface area contributed by atoms with E-state index in [4.69, 9.17) is 0 Å². The second kappa shape index (κ2) is 3.10. The Hall–Kier alpha value is -0.755. The molecule has 0 amide bonds. The molecular weight excluding hydrogens is 133 g/mol. The fraction of sp³-hybridized carbons (Fsp3) is 0.333. The van der Waals surface area contributed by atoms with Crippen molar-refractivity contribution in [1.29, 1.82) is 0 Å². The summed E-state index contributed by atoms with van der Waals surface area (Å²) >= 11 is 0. The quantitative estimate of drug-likeness (QED) is 0.523. The normalized spacial score (nSPS) is 11.5. The molecule has 1 nitrogen and oxygen atoms in total. The van der Waals surface area contributed by atoms with Gasteiger partial charge in [-0.2, -0.15) is 5.46 Å². The van der Waals surface area contributed by atoms with Gasteiger partial charge >= 0.3 is 0 Å². The summed E-state index contributed by atoms with van der Waals surface area (Å²) in [5, 5.41) is 0. The molecular formula is C9H16BN. The van der Waals surface area contributed by atoms with Gasteiger partial charge in [-0.05, 0) is 0 Å². The van der Waals surface area contributed by atoms with Crippen LogP contribution in [0.4, 0.5) is 0 Å². The van der Waals surface area contributed by atoms with E-state index in [9.17, 15) is 0 Å². The van der Waals surface area contributed by atoms with Crippen LogP contribution in [0.15, 0.2) is 30.3 Å².